The van der Waals surface area contributed by atoms with Crippen molar-refractivity contribution < 1.29 is 27.5 Å². The van der Waals surface area contributed by atoms with Gasteiger partial charge in [0.25, 0.3) is 0 Å². The Kier molecular flexibility index (Phi) is 7.09. The van der Waals surface area contributed by atoms with Gasteiger partial charge in [-0.1, -0.05) is 12.5 Å². The molecule has 1 N–H and O–H groups in total. The van der Waals surface area contributed by atoms with Gasteiger partial charge in [-0.3, -0.25) is 14.5 Å². The third-order valence-corrected chi connectivity index (χ3v) is 8.05. The molecule has 3 aromatic rings. The zero-order chi connectivity index (χ0) is 29.7. The number of sulfonamides is 1. The summed E-state index contributed by atoms with van der Waals surface area (Å²) in [6, 6.07) is 7.45. The molecule has 1 aliphatic carbocycles. The van der Waals surface area contributed by atoms with Gasteiger partial charge >= 0.3 is 6.09 Å². The second-order valence-corrected chi connectivity index (χ2v) is 13.5. The Bertz CT molecular complexity index is 1650. The van der Waals surface area contributed by atoms with Crippen LogP contribution in [0.4, 0.5) is 16.2 Å². The quantitative estimate of drug-likeness (QED) is 0.437. The molecule has 1 aromatic carbocycles. The molecule has 2 amide bonds. The zero-order valence-corrected chi connectivity index (χ0v) is 25.0. The number of nitrogens with zero attached hydrogens (tertiary/aromatic N) is 4. The van der Waals surface area contributed by atoms with E-state index >= 15 is 0 Å². The van der Waals surface area contributed by atoms with E-state index in [2.05, 4.69) is 14.7 Å². The van der Waals surface area contributed by atoms with Crippen molar-refractivity contribution in [3.05, 3.63) is 42.2 Å². The van der Waals surface area contributed by atoms with Crippen molar-refractivity contribution >= 4 is 44.3 Å². The van der Waals surface area contributed by atoms with Gasteiger partial charge < -0.3 is 19.3 Å². The zero-order valence-electron chi connectivity index (χ0n) is 24.1. The monoisotopic (exact) mass is 581 g/mol. The molecule has 0 saturated heterocycles. The topological polar surface area (TPSA) is 131 Å². The molecule has 1 spiro atoms. The Labute approximate surface area is 239 Å². The van der Waals surface area contributed by atoms with E-state index < -0.39 is 27.1 Å². The van der Waals surface area contributed by atoms with Crippen molar-refractivity contribution in [3.8, 4) is 17.0 Å². The molecule has 12 heteroatoms. The largest absolute Gasteiger partial charge is 0.474 e. The minimum absolute atomic E-state index is 0.0674. The van der Waals surface area contributed by atoms with Gasteiger partial charge in [-0.25, -0.2) is 18.2 Å². The van der Waals surface area contributed by atoms with E-state index in [1.165, 1.54) is 4.90 Å². The highest BCUT2D eigenvalue weighted by Crippen LogP contribution is 2.55. The first-order valence-electron chi connectivity index (χ1n) is 13.4. The summed E-state index contributed by atoms with van der Waals surface area (Å²) in [4.78, 5) is 37.5. The number of nitrogens with one attached hydrogen (secondary N) is 1. The Balaban J connectivity index is 1.45. The Morgan fingerprint density at radius 3 is 2.51 bits per heavy atom. The van der Waals surface area contributed by atoms with Crippen LogP contribution in [0.5, 0.6) is 5.88 Å². The molecule has 1 aliphatic heterocycles. The van der Waals surface area contributed by atoms with E-state index in [0.717, 1.165) is 53.2 Å². The first-order chi connectivity index (χ1) is 19.2. The summed E-state index contributed by atoms with van der Waals surface area (Å²) in [5, 5.41) is 0.903. The van der Waals surface area contributed by atoms with Gasteiger partial charge in [-0.2, -0.15) is 0 Å². The number of benzene rings is 1. The van der Waals surface area contributed by atoms with Crippen LogP contribution < -0.4 is 14.4 Å². The second-order valence-electron chi connectivity index (χ2n) is 11.8. The highest BCUT2D eigenvalue weighted by atomic mass is 32.2. The number of fused-ring (bicyclic) bond motifs is 4. The predicted octanol–water partition coefficient (Wildman–Crippen LogP) is 4.31. The summed E-state index contributed by atoms with van der Waals surface area (Å²) >= 11 is 0. The molecule has 11 nitrogen and oxygen atoms in total. The summed E-state index contributed by atoms with van der Waals surface area (Å²) in [5.41, 5.74) is 3.13. The van der Waals surface area contributed by atoms with Gasteiger partial charge in [-0.05, 0) is 57.4 Å². The van der Waals surface area contributed by atoms with E-state index in [0.29, 0.717) is 5.56 Å². The average Bonchev–Trinajstić information content (AvgIpc) is 3.09. The van der Waals surface area contributed by atoms with Gasteiger partial charge in [0.2, 0.25) is 21.8 Å². The first kappa shape index (κ1) is 28.6. The third kappa shape index (κ3) is 5.52. The minimum Gasteiger partial charge on any atom is -0.474 e. The van der Waals surface area contributed by atoms with Crippen molar-refractivity contribution in [1.29, 1.82) is 0 Å². The molecule has 5 rings (SSSR count). The number of aromatic nitrogens is 2. The molecular formula is C29H35N5O6S. The smallest absolute Gasteiger partial charge is 0.410 e. The fraction of sp³-hybridized carbons (Fsp3) is 0.448. The van der Waals surface area contributed by atoms with Crippen molar-refractivity contribution in [3.63, 3.8) is 0 Å². The lowest BCUT2D eigenvalue weighted by Crippen LogP contribution is -2.43. The maximum atomic E-state index is 13.2. The number of ether oxygens (including phenoxy) is 2. The summed E-state index contributed by atoms with van der Waals surface area (Å²) < 4.78 is 38.0. The van der Waals surface area contributed by atoms with Crippen LogP contribution in [0, 0.1) is 0 Å². The molecule has 218 valence electrons. The van der Waals surface area contributed by atoms with Gasteiger partial charge in [0.1, 0.15) is 17.9 Å². The van der Waals surface area contributed by atoms with Crippen LogP contribution in [0.25, 0.3) is 22.0 Å². The van der Waals surface area contributed by atoms with E-state index in [1.54, 1.807) is 58.2 Å². The van der Waals surface area contributed by atoms with Crippen LogP contribution in [0.2, 0.25) is 0 Å². The number of amides is 2. The standard InChI is InChI=1S/C29H35N5O6S/c1-28(2,3)40-27(36)33(4)12-13-39-25-22(32-41(6,37)38)15-19(16-31-25)18-8-9-21-20(14-18)24-23(17-30-21)34(5)26(35)29(24)10-7-11-29/h8-9,14-17,32H,7,10-13H2,1-6H3. The molecule has 1 fully saturated rings. The number of carbonyl (C=O) groups excluding carboxylic acids is 2. The number of hydrogen-bond donors (Lipinski definition) is 1. The number of likely N-dealkylation sites (N-methyl/N-ethyl adjacent to an activating group) is 2. The van der Waals surface area contributed by atoms with Crippen molar-refractivity contribution in [2.24, 2.45) is 0 Å². The van der Waals surface area contributed by atoms with E-state index in [4.69, 9.17) is 9.47 Å². The number of pyridine rings is 2. The van der Waals surface area contributed by atoms with E-state index in [9.17, 15) is 18.0 Å². The average molecular weight is 582 g/mol. The van der Waals surface area contributed by atoms with Crippen molar-refractivity contribution in [2.75, 3.05) is 43.1 Å². The second kappa shape index (κ2) is 10.2. The summed E-state index contributed by atoms with van der Waals surface area (Å²) in [7, 11) is -0.262. The maximum Gasteiger partial charge on any atom is 0.410 e. The molecule has 0 unspecified atom stereocenters. The van der Waals surface area contributed by atoms with Crippen LogP contribution in [0.3, 0.4) is 0 Å². The molecular weight excluding hydrogens is 546 g/mol. The molecule has 41 heavy (non-hydrogen) atoms. The fourth-order valence-corrected chi connectivity index (χ4v) is 5.90. The van der Waals surface area contributed by atoms with Gasteiger partial charge in [0.15, 0.2) is 0 Å². The molecule has 2 aromatic heterocycles. The van der Waals surface area contributed by atoms with Crippen molar-refractivity contribution in [1.82, 2.24) is 14.9 Å². The van der Waals surface area contributed by atoms with E-state index in [1.807, 2.05) is 18.2 Å². The lowest BCUT2D eigenvalue weighted by molar-refractivity contribution is -0.125. The summed E-state index contributed by atoms with van der Waals surface area (Å²) in [6.07, 6.45) is 6.56. The highest BCUT2D eigenvalue weighted by molar-refractivity contribution is 7.92. The molecule has 3 heterocycles. The minimum atomic E-state index is -3.65. The molecule has 0 atom stereocenters. The van der Waals surface area contributed by atoms with Gasteiger partial charge in [0.05, 0.1) is 35.6 Å². The summed E-state index contributed by atoms with van der Waals surface area (Å²) in [6.45, 7) is 5.62. The highest BCUT2D eigenvalue weighted by Gasteiger charge is 2.54. The van der Waals surface area contributed by atoms with Crippen LogP contribution in [0.1, 0.15) is 45.6 Å². The first-order valence-corrected chi connectivity index (χ1v) is 15.3. The lowest BCUT2D eigenvalue weighted by atomic mass is 9.64. The Morgan fingerprint density at radius 2 is 1.88 bits per heavy atom. The predicted molar refractivity (Wildman–Crippen MR) is 157 cm³/mol. The number of rotatable bonds is 7. The van der Waals surface area contributed by atoms with E-state index in [-0.39, 0.29) is 30.6 Å². The molecule has 1 saturated carbocycles. The summed E-state index contributed by atoms with van der Waals surface area (Å²) in [5.74, 6) is 0.194. The lowest BCUT2D eigenvalue weighted by Gasteiger charge is -2.37. The number of anilines is 2. The van der Waals surface area contributed by atoms with Crippen molar-refractivity contribution in [2.45, 2.75) is 51.0 Å². The normalized spacial score (nSPS) is 16.0. The SMILES string of the molecule is CN(CCOc1ncc(-c2ccc3ncc4c(c3c2)C2(CCC2)C(=O)N4C)cc1NS(C)(=O)=O)C(=O)OC(C)(C)C. The molecule has 0 radical (unpaired) electrons. The number of hydrogen-bond acceptors (Lipinski definition) is 8. The third-order valence-electron chi connectivity index (χ3n) is 7.46. The molecule has 2 aliphatic rings. The maximum absolute atomic E-state index is 13.2. The Hall–Kier alpha value is -3.93. The van der Waals surface area contributed by atoms with Crippen LogP contribution >= 0.6 is 0 Å². The Morgan fingerprint density at radius 1 is 1.15 bits per heavy atom. The van der Waals surface area contributed by atoms with Crippen LogP contribution in [0.15, 0.2) is 36.7 Å². The molecule has 0 bridgehead atoms. The van der Waals surface area contributed by atoms with Gasteiger partial charge in [0, 0.05) is 36.8 Å². The fourth-order valence-electron chi connectivity index (χ4n) is 5.36. The van der Waals surface area contributed by atoms with Gasteiger partial charge in [-0.15, -0.1) is 0 Å². The van der Waals surface area contributed by atoms with Crippen LogP contribution in [-0.2, 0) is 25.0 Å². The van der Waals surface area contributed by atoms with Crippen LogP contribution in [-0.4, -0.2) is 74.4 Å². The number of carbonyl (C=O) groups is 2.